The molecule has 148 valence electrons. The summed E-state index contributed by atoms with van der Waals surface area (Å²) in [4.78, 5) is 29.9. The Kier molecular flexibility index (Phi) is 5.60. The highest BCUT2D eigenvalue weighted by atomic mass is 16.5. The van der Waals surface area contributed by atoms with E-state index in [1.807, 2.05) is 48.2 Å². The minimum atomic E-state index is -0.340. The summed E-state index contributed by atoms with van der Waals surface area (Å²) in [6.07, 6.45) is 2.26. The molecule has 3 amide bonds. The van der Waals surface area contributed by atoms with Crippen LogP contribution in [-0.2, 0) is 4.79 Å². The van der Waals surface area contributed by atoms with Gasteiger partial charge in [-0.15, -0.1) is 0 Å². The predicted octanol–water partition coefficient (Wildman–Crippen LogP) is 1.70. The molecule has 1 atom stereocenters. The number of likely N-dealkylation sites (N-methyl/N-ethyl adjacent to an activating group) is 1. The normalized spacial score (nSPS) is 20.8. The number of hydrogen-bond donors (Lipinski definition) is 1. The number of carbonyl (C=O) groups excluding carboxylic acids is 2. The molecule has 1 unspecified atom stereocenters. The molecule has 1 N–H and O–H groups in total. The Hall–Kier alpha value is -2.28. The largest absolute Gasteiger partial charge is 0.487 e. The number of rotatable bonds is 3. The van der Waals surface area contributed by atoms with Gasteiger partial charge in [-0.2, -0.15) is 0 Å². The van der Waals surface area contributed by atoms with Crippen LogP contribution in [-0.4, -0.2) is 80.1 Å². The van der Waals surface area contributed by atoms with Gasteiger partial charge in [-0.3, -0.25) is 4.79 Å². The van der Waals surface area contributed by atoms with Crippen LogP contribution < -0.4 is 10.1 Å². The third-order valence-electron chi connectivity index (χ3n) is 5.32. The number of fused-ring (bicyclic) bond motifs is 1. The van der Waals surface area contributed by atoms with Gasteiger partial charge in [-0.1, -0.05) is 18.2 Å². The lowest BCUT2D eigenvalue weighted by molar-refractivity contribution is -0.123. The van der Waals surface area contributed by atoms with E-state index in [0.717, 1.165) is 30.6 Å². The van der Waals surface area contributed by atoms with Crippen LogP contribution in [0.5, 0.6) is 5.75 Å². The molecule has 1 saturated heterocycles. The summed E-state index contributed by atoms with van der Waals surface area (Å²) in [6, 6.07) is 7.90. The van der Waals surface area contributed by atoms with Crippen LogP contribution in [0.1, 0.15) is 30.9 Å². The van der Waals surface area contributed by atoms with Gasteiger partial charge < -0.3 is 24.8 Å². The zero-order valence-corrected chi connectivity index (χ0v) is 16.7. The lowest BCUT2D eigenvalue weighted by Crippen LogP contribution is -2.54. The molecule has 1 fully saturated rings. The highest BCUT2D eigenvalue weighted by molar-refractivity contribution is 5.78. The maximum Gasteiger partial charge on any atom is 0.319 e. The van der Waals surface area contributed by atoms with E-state index in [4.69, 9.17) is 4.74 Å². The Bertz CT molecular complexity index is 696. The number of para-hydroxylation sites is 1. The second-order valence-corrected chi connectivity index (χ2v) is 8.05. The standard InChI is InChI=1S/C20H30N4O3/c1-22(2)14-18(25)21-16-13-20(27-17-8-6-5-7-15(16)17)9-11-24(12-10-20)19(26)23(3)4/h5-8,16H,9-14H2,1-4H3,(H,21,25). The van der Waals surface area contributed by atoms with Crippen molar-refractivity contribution >= 4 is 11.9 Å². The number of nitrogens with one attached hydrogen (secondary N) is 1. The number of nitrogens with zero attached hydrogens (tertiary/aromatic N) is 3. The van der Waals surface area contributed by atoms with E-state index >= 15 is 0 Å². The summed E-state index contributed by atoms with van der Waals surface area (Å²) < 4.78 is 6.43. The van der Waals surface area contributed by atoms with Crippen molar-refractivity contribution in [2.24, 2.45) is 0 Å². The van der Waals surface area contributed by atoms with Crippen molar-refractivity contribution in [3.05, 3.63) is 29.8 Å². The summed E-state index contributed by atoms with van der Waals surface area (Å²) in [5, 5.41) is 3.18. The Morgan fingerprint density at radius 1 is 1.19 bits per heavy atom. The maximum absolute atomic E-state index is 12.4. The lowest BCUT2D eigenvalue weighted by Gasteiger charge is -2.47. The number of benzene rings is 1. The summed E-state index contributed by atoms with van der Waals surface area (Å²) in [5.41, 5.74) is 0.690. The van der Waals surface area contributed by atoms with Gasteiger partial charge in [0.05, 0.1) is 12.6 Å². The van der Waals surface area contributed by atoms with Gasteiger partial charge in [-0.25, -0.2) is 4.79 Å². The van der Waals surface area contributed by atoms with E-state index < -0.39 is 0 Å². The van der Waals surface area contributed by atoms with Crippen LogP contribution in [0.15, 0.2) is 24.3 Å². The van der Waals surface area contributed by atoms with Crippen molar-refractivity contribution in [1.29, 1.82) is 0 Å². The van der Waals surface area contributed by atoms with E-state index in [0.29, 0.717) is 19.6 Å². The second kappa shape index (κ2) is 7.76. The van der Waals surface area contributed by atoms with Gasteiger partial charge in [0.1, 0.15) is 11.4 Å². The highest BCUT2D eigenvalue weighted by Crippen LogP contribution is 2.44. The van der Waals surface area contributed by atoms with E-state index in [2.05, 4.69) is 5.32 Å². The zero-order chi connectivity index (χ0) is 19.6. The minimum Gasteiger partial charge on any atom is -0.487 e. The first-order valence-corrected chi connectivity index (χ1v) is 9.48. The number of likely N-dealkylation sites (tertiary alicyclic amines) is 1. The predicted molar refractivity (Wildman–Crippen MR) is 104 cm³/mol. The average molecular weight is 374 g/mol. The first-order valence-electron chi connectivity index (χ1n) is 9.48. The molecule has 27 heavy (non-hydrogen) atoms. The molecule has 0 aliphatic carbocycles. The summed E-state index contributed by atoms with van der Waals surface area (Å²) in [7, 11) is 7.32. The van der Waals surface area contributed by atoms with Gasteiger partial charge in [0.15, 0.2) is 0 Å². The zero-order valence-electron chi connectivity index (χ0n) is 16.7. The highest BCUT2D eigenvalue weighted by Gasteiger charge is 2.44. The fourth-order valence-electron chi connectivity index (χ4n) is 3.97. The van der Waals surface area contributed by atoms with Crippen LogP contribution in [0.4, 0.5) is 4.79 Å². The number of amides is 3. The van der Waals surface area contributed by atoms with Gasteiger partial charge >= 0.3 is 6.03 Å². The van der Waals surface area contributed by atoms with Gasteiger partial charge in [0.2, 0.25) is 5.91 Å². The van der Waals surface area contributed by atoms with Crippen molar-refractivity contribution < 1.29 is 14.3 Å². The van der Waals surface area contributed by atoms with E-state index in [-0.39, 0.29) is 23.6 Å². The molecule has 2 heterocycles. The molecular formula is C20H30N4O3. The van der Waals surface area contributed by atoms with Crippen LogP contribution in [0, 0.1) is 0 Å². The number of piperidine rings is 1. The molecule has 2 aliphatic heterocycles. The van der Waals surface area contributed by atoms with E-state index in [1.54, 1.807) is 19.0 Å². The topological polar surface area (TPSA) is 65.1 Å². The van der Waals surface area contributed by atoms with E-state index in [1.165, 1.54) is 0 Å². The molecular weight excluding hydrogens is 344 g/mol. The van der Waals surface area contributed by atoms with Crippen molar-refractivity contribution in [1.82, 2.24) is 20.0 Å². The molecule has 3 rings (SSSR count). The molecule has 0 bridgehead atoms. The van der Waals surface area contributed by atoms with Gasteiger partial charge in [0, 0.05) is 52.0 Å². The molecule has 7 heteroatoms. The Labute approximate surface area is 161 Å². The maximum atomic E-state index is 12.4. The quantitative estimate of drug-likeness (QED) is 0.875. The number of hydrogen-bond acceptors (Lipinski definition) is 4. The molecule has 0 radical (unpaired) electrons. The molecule has 1 aromatic carbocycles. The molecule has 1 aromatic rings. The molecule has 7 nitrogen and oxygen atoms in total. The van der Waals surface area contributed by atoms with Crippen LogP contribution in [0.25, 0.3) is 0 Å². The fraction of sp³-hybridized carbons (Fsp3) is 0.600. The molecule has 0 saturated carbocycles. The summed E-state index contributed by atoms with van der Waals surface area (Å²) in [5.74, 6) is 0.850. The third-order valence-corrected chi connectivity index (χ3v) is 5.32. The molecule has 1 spiro atoms. The first kappa shape index (κ1) is 19.5. The first-order chi connectivity index (χ1) is 12.8. The number of ether oxygens (including phenoxy) is 1. The van der Waals surface area contributed by atoms with Gasteiger partial charge in [-0.05, 0) is 20.2 Å². The minimum absolute atomic E-state index is 0.0112. The molecule has 0 aromatic heterocycles. The van der Waals surface area contributed by atoms with Crippen molar-refractivity contribution in [2.75, 3.05) is 47.8 Å². The van der Waals surface area contributed by atoms with Crippen molar-refractivity contribution in [3.63, 3.8) is 0 Å². The monoisotopic (exact) mass is 374 g/mol. The summed E-state index contributed by atoms with van der Waals surface area (Å²) >= 11 is 0. The Morgan fingerprint density at radius 2 is 1.85 bits per heavy atom. The van der Waals surface area contributed by atoms with Crippen molar-refractivity contribution in [2.45, 2.75) is 30.9 Å². The Balaban J connectivity index is 1.76. The van der Waals surface area contributed by atoms with Crippen LogP contribution in [0.2, 0.25) is 0 Å². The number of carbonyl (C=O) groups is 2. The molecule has 2 aliphatic rings. The third kappa shape index (κ3) is 4.35. The summed E-state index contributed by atoms with van der Waals surface area (Å²) in [6.45, 7) is 1.69. The fourth-order valence-corrected chi connectivity index (χ4v) is 3.97. The van der Waals surface area contributed by atoms with Crippen LogP contribution >= 0.6 is 0 Å². The average Bonchev–Trinajstić information content (AvgIpc) is 2.61. The Morgan fingerprint density at radius 3 is 2.48 bits per heavy atom. The number of urea groups is 1. The lowest BCUT2D eigenvalue weighted by atomic mass is 9.80. The second-order valence-electron chi connectivity index (χ2n) is 8.05. The smallest absolute Gasteiger partial charge is 0.319 e. The van der Waals surface area contributed by atoms with Crippen molar-refractivity contribution in [3.8, 4) is 5.75 Å². The van der Waals surface area contributed by atoms with Gasteiger partial charge in [0.25, 0.3) is 0 Å². The van der Waals surface area contributed by atoms with E-state index in [9.17, 15) is 9.59 Å². The SMILES string of the molecule is CN(C)CC(=O)NC1CC2(CCN(C(=O)N(C)C)CC2)Oc2ccccc21. The van der Waals surface area contributed by atoms with Crippen LogP contribution in [0.3, 0.4) is 0 Å².